The third kappa shape index (κ3) is 5.27. The van der Waals surface area contributed by atoms with Crippen molar-refractivity contribution in [2.45, 2.75) is 0 Å². The molecule has 0 aliphatic rings. The first-order valence-electron chi connectivity index (χ1n) is 7.75. The molecule has 0 aliphatic carbocycles. The Morgan fingerprint density at radius 2 is 1.64 bits per heavy atom. The van der Waals surface area contributed by atoms with Gasteiger partial charge in [-0.05, 0) is 30.3 Å². The number of anilines is 1. The molecule has 1 amide bonds. The first kappa shape index (κ1) is 20.8. The lowest BCUT2D eigenvalue weighted by Crippen LogP contribution is -2.22. The predicted octanol–water partition coefficient (Wildman–Crippen LogP) is 2.10. The molecular formula is C18H15ClN2O7. The first-order chi connectivity index (χ1) is 13.3. The Kier molecular flexibility index (Phi) is 7.05. The molecule has 1 N–H and O–H groups in total. The minimum absolute atomic E-state index is 0.00367. The predicted molar refractivity (Wildman–Crippen MR) is 97.3 cm³/mol. The standard InChI is InChI=1S/C18H15ClN2O7/c1-26-16(23)10-3-5-12(18(25)27-2)13(7-10)21-15(22)9-28-17(24)11-4-6-14(19)20-8-11/h3-8H,9H2,1-2H3,(H,21,22). The second kappa shape index (κ2) is 9.47. The highest BCUT2D eigenvalue weighted by molar-refractivity contribution is 6.29. The molecule has 0 saturated heterocycles. The van der Waals surface area contributed by atoms with Gasteiger partial charge in [0.05, 0.1) is 36.6 Å². The van der Waals surface area contributed by atoms with E-state index in [0.29, 0.717) is 0 Å². The van der Waals surface area contributed by atoms with Gasteiger partial charge in [-0.25, -0.2) is 19.4 Å². The number of benzene rings is 1. The number of hydrogen-bond donors (Lipinski definition) is 1. The van der Waals surface area contributed by atoms with Crippen LogP contribution < -0.4 is 5.32 Å². The number of carbonyl (C=O) groups is 4. The number of amides is 1. The van der Waals surface area contributed by atoms with Crippen LogP contribution in [0.3, 0.4) is 0 Å². The fourth-order valence-corrected chi connectivity index (χ4v) is 2.19. The summed E-state index contributed by atoms with van der Waals surface area (Å²) in [4.78, 5) is 51.3. The largest absolute Gasteiger partial charge is 0.465 e. The van der Waals surface area contributed by atoms with Gasteiger partial charge in [0.25, 0.3) is 5.91 Å². The van der Waals surface area contributed by atoms with Crippen molar-refractivity contribution in [3.05, 3.63) is 58.4 Å². The van der Waals surface area contributed by atoms with Gasteiger partial charge in [-0.2, -0.15) is 0 Å². The van der Waals surface area contributed by atoms with E-state index in [1.807, 2.05) is 0 Å². The van der Waals surface area contributed by atoms with Crippen LogP contribution in [0.15, 0.2) is 36.5 Å². The van der Waals surface area contributed by atoms with Gasteiger partial charge in [0.2, 0.25) is 0 Å². The lowest BCUT2D eigenvalue weighted by Gasteiger charge is -2.11. The van der Waals surface area contributed by atoms with Gasteiger partial charge >= 0.3 is 17.9 Å². The fourth-order valence-electron chi connectivity index (χ4n) is 2.08. The van der Waals surface area contributed by atoms with Crippen molar-refractivity contribution < 1.29 is 33.4 Å². The van der Waals surface area contributed by atoms with Crippen molar-refractivity contribution in [1.29, 1.82) is 0 Å². The molecule has 0 spiro atoms. The Morgan fingerprint density at radius 3 is 2.25 bits per heavy atom. The maximum absolute atomic E-state index is 12.1. The zero-order valence-electron chi connectivity index (χ0n) is 14.9. The smallest absolute Gasteiger partial charge is 0.340 e. The van der Waals surface area contributed by atoms with Crippen LogP contribution in [-0.4, -0.2) is 49.6 Å². The van der Waals surface area contributed by atoms with Gasteiger partial charge < -0.3 is 19.5 Å². The summed E-state index contributed by atoms with van der Waals surface area (Å²) in [6.45, 7) is -0.634. The van der Waals surface area contributed by atoms with Crippen molar-refractivity contribution in [1.82, 2.24) is 4.98 Å². The molecule has 0 atom stereocenters. The molecular weight excluding hydrogens is 392 g/mol. The van der Waals surface area contributed by atoms with Crippen LogP contribution >= 0.6 is 11.6 Å². The summed E-state index contributed by atoms with van der Waals surface area (Å²) in [6, 6.07) is 6.70. The number of carbonyl (C=O) groups excluding carboxylic acids is 4. The number of rotatable bonds is 6. The number of esters is 3. The summed E-state index contributed by atoms with van der Waals surface area (Å²) in [5.41, 5.74) is 0.232. The minimum atomic E-state index is -0.782. The molecule has 0 bridgehead atoms. The van der Waals surface area contributed by atoms with Crippen LogP contribution in [0.4, 0.5) is 5.69 Å². The zero-order chi connectivity index (χ0) is 20.7. The highest BCUT2D eigenvalue weighted by atomic mass is 35.5. The van der Waals surface area contributed by atoms with Gasteiger partial charge in [0.15, 0.2) is 6.61 Å². The summed E-state index contributed by atoms with van der Waals surface area (Å²) in [7, 11) is 2.37. The molecule has 28 heavy (non-hydrogen) atoms. The molecule has 146 valence electrons. The van der Waals surface area contributed by atoms with Crippen molar-refractivity contribution in [3.8, 4) is 0 Å². The average Bonchev–Trinajstić information content (AvgIpc) is 2.71. The van der Waals surface area contributed by atoms with Gasteiger partial charge in [-0.1, -0.05) is 11.6 Å². The number of aromatic nitrogens is 1. The number of nitrogens with one attached hydrogen (secondary N) is 1. The van der Waals surface area contributed by atoms with Gasteiger partial charge in [-0.15, -0.1) is 0 Å². The van der Waals surface area contributed by atoms with Crippen molar-refractivity contribution in [2.75, 3.05) is 26.1 Å². The molecule has 1 aromatic carbocycles. The Bertz CT molecular complexity index is 913. The molecule has 0 saturated carbocycles. The SMILES string of the molecule is COC(=O)c1ccc(C(=O)OC)c(NC(=O)COC(=O)c2ccc(Cl)nc2)c1. The third-order valence-electron chi connectivity index (χ3n) is 3.42. The number of halogens is 1. The molecule has 10 heteroatoms. The summed E-state index contributed by atoms with van der Waals surface area (Å²) < 4.78 is 14.1. The Hall–Kier alpha value is -3.46. The third-order valence-corrected chi connectivity index (χ3v) is 3.64. The van der Waals surface area contributed by atoms with Crippen molar-refractivity contribution in [2.24, 2.45) is 0 Å². The quantitative estimate of drug-likeness (QED) is 0.440. The molecule has 0 unspecified atom stereocenters. The lowest BCUT2D eigenvalue weighted by atomic mass is 10.1. The maximum Gasteiger partial charge on any atom is 0.340 e. The van der Waals surface area contributed by atoms with Crippen LogP contribution in [0, 0.1) is 0 Å². The maximum atomic E-state index is 12.1. The van der Waals surface area contributed by atoms with Crippen LogP contribution in [0.2, 0.25) is 5.15 Å². The number of pyridine rings is 1. The Morgan fingerprint density at radius 1 is 0.964 bits per heavy atom. The second-order valence-corrected chi connectivity index (χ2v) is 5.62. The number of ether oxygens (including phenoxy) is 3. The molecule has 2 aromatic rings. The molecule has 1 heterocycles. The second-order valence-electron chi connectivity index (χ2n) is 5.24. The summed E-state index contributed by atoms with van der Waals surface area (Å²) in [5.74, 6) is -2.90. The van der Waals surface area contributed by atoms with E-state index in [-0.39, 0.29) is 27.5 Å². The average molecular weight is 407 g/mol. The number of nitrogens with zero attached hydrogens (tertiary/aromatic N) is 1. The van der Waals surface area contributed by atoms with E-state index in [1.54, 1.807) is 0 Å². The van der Waals surface area contributed by atoms with E-state index in [1.165, 1.54) is 50.7 Å². The number of hydrogen-bond acceptors (Lipinski definition) is 8. The Labute approximate surface area is 164 Å². The van der Waals surface area contributed by atoms with E-state index < -0.39 is 30.4 Å². The summed E-state index contributed by atoms with van der Waals surface area (Å²) >= 11 is 5.63. The molecule has 0 fully saturated rings. The highest BCUT2D eigenvalue weighted by Gasteiger charge is 2.18. The van der Waals surface area contributed by atoms with Crippen LogP contribution in [0.5, 0.6) is 0 Å². The van der Waals surface area contributed by atoms with E-state index in [9.17, 15) is 19.2 Å². The first-order valence-corrected chi connectivity index (χ1v) is 8.12. The summed E-state index contributed by atoms with van der Waals surface area (Å²) in [6.07, 6.45) is 1.21. The van der Waals surface area contributed by atoms with E-state index in [2.05, 4.69) is 19.8 Å². The fraction of sp³-hybridized carbons (Fsp3) is 0.167. The van der Waals surface area contributed by atoms with Gasteiger partial charge in [0.1, 0.15) is 5.15 Å². The minimum Gasteiger partial charge on any atom is -0.465 e. The van der Waals surface area contributed by atoms with Crippen LogP contribution in [-0.2, 0) is 19.0 Å². The highest BCUT2D eigenvalue weighted by Crippen LogP contribution is 2.20. The van der Waals surface area contributed by atoms with E-state index in [4.69, 9.17) is 16.3 Å². The van der Waals surface area contributed by atoms with Crippen LogP contribution in [0.1, 0.15) is 31.1 Å². The molecule has 0 aliphatic heterocycles. The van der Waals surface area contributed by atoms with Gasteiger partial charge in [-0.3, -0.25) is 4.79 Å². The molecule has 1 aromatic heterocycles. The Balaban J connectivity index is 2.10. The zero-order valence-corrected chi connectivity index (χ0v) is 15.6. The summed E-state index contributed by atoms with van der Waals surface area (Å²) in [5, 5.41) is 2.60. The van der Waals surface area contributed by atoms with Crippen LogP contribution in [0.25, 0.3) is 0 Å². The van der Waals surface area contributed by atoms with Crippen molar-refractivity contribution >= 4 is 41.1 Å². The van der Waals surface area contributed by atoms with E-state index in [0.717, 1.165) is 0 Å². The molecule has 2 rings (SSSR count). The molecule has 9 nitrogen and oxygen atoms in total. The molecule has 0 radical (unpaired) electrons. The van der Waals surface area contributed by atoms with Gasteiger partial charge in [0, 0.05) is 6.20 Å². The lowest BCUT2D eigenvalue weighted by molar-refractivity contribution is -0.119. The van der Waals surface area contributed by atoms with E-state index >= 15 is 0 Å². The van der Waals surface area contributed by atoms with Crippen molar-refractivity contribution in [3.63, 3.8) is 0 Å². The monoisotopic (exact) mass is 406 g/mol. The normalized spacial score (nSPS) is 9.96. The number of methoxy groups -OCH3 is 2. The topological polar surface area (TPSA) is 121 Å².